The molecule has 0 bridgehead atoms. The monoisotopic (exact) mass is 556 g/mol. The van der Waals surface area contributed by atoms with Crippen molar-refractivity contribution in [2.45, 2.75) is 18.9 Å². The largest absolute Gasteiger partial charge is 0.493 e. The lowest BCUT2D eigenvalue weighted by atomic mass is 9.90. The van der Waals surface area contributed by atoms with E-state index in [1.165, 1.54) is 19.8 Å². The van der Waals surface area contributed by atoms with E-state index in [-0.39, 0.29) is 23.6 Å². The summed E-state index contributed by atoms with van der Waals surface area (Å²) in [4.78, 5) is 28.4. The van der Waals surface area contributed by atoms with Gasteiger partial charge >= 0.3 is 0 Å². The second-order valence-corrected chi connectivity index (χ2v) is 9.80. The number of carbonyl (C=O) groups excluding carboxylic acids is 1. The van der Waals surface area contributed by atoms with Gasteiger partial charge in [-0.2, -0.15) is 4.98 Å². The van der Waals surface area contributed by atoms with Crippen molar-refractivity contribution < 1.29 is 14.3 Å². The third-order valence-corrected chi connectivity index (χ3v) is 7.11. The summed E-state index contributed by atoms with van der Waals surface area (Å²) >= 11 is 6.38. The van der Waals surface area contributed by atoms with Crippen molar-refractivity contribution in [2.75, 3.05) is 32.2 Å². The SMILES string of the molecule is COc1cc(Cc2cnc(N)nc2N)cc(C(=O)/C=C/N2CCc3ccc(Cl)cc3C2c2ccccn2)c1OC. The van der Waals surface area contributed by atoms with E-state index in [1.54, 1.807) is 30.6 Å². The van der Waals surface area contributed by atoms with Crippen molar-refractivity contribution in [3.05, 3.63) is 112 Å². The van der Waals surface area contributed by atoms with Crippen LogP contribution in [-0.2, 0) is 12.8 Å². The number of anilines is 2. The number of fused-ring (bicyclic) bond motifs is 1. The van der Waals surface area contributed by atoms with E-state index in [0.717, 1.165) is 23.2 Å². The fraction of sp³-hybridized carbons (Fsp3) is 0.200. The minimum atomic E-state index is -0.241. The predicted molar refractivity (Wildman–Crippen MR) is 155 cm³/mol. The topological polar surface area (TPSA) is 129 Å². The predicted octanol–water partition coefficient (Wildman–Crippen LogP) is 4.64. The highest BCUT2D eigenvalue weighted by Gasteiger charge is 2.28. The first-order valence-corrected chi connectivity index (χ1v) is 13.0. The highest BCUT2D eigenvalue weighted by Crippen LogP contribution is 2.37. The number of ketones is 1. The van der Waals surface area contributed by atoms with E-state index in [4.69, 9.17) is 32.5 Å². The lowest BCUT2D eigenvalue weighted by molar-refractivity contribution is 0.104. The summed E-state index contributed by atoms with van der Waals surface area (Å²) in [6, 6.07) is 15.1. The molecule has 1 atom stereocenters. The van der Waals surface area contributed by atoms with Gasteiger partial charge in [0.25, 0.3) is 0 Å². The number of pyridine rings is 1. The molecule has 1 aliphatic heterocycles. The number of carbonyl (C=O) groups is 1. The Morgan fingerprint density at radius 3 is 2.70 bits per heavy atom. The van der Waals surface area contributed by atoms with E-state index >= 15 is 0 Å². The van der Waals surface area contributed by atoms with Crippen molar-refractivity contribution >= 4 is 29.2 Å². The average Bonchev–Trinajstić information content (AvgIpc) is 2.96. The third-order valence-electron chi connectivity index (χ3n) is 6.87. The number of hydrogen-bond donors (Lipinski definition) is 2. The lowest BCUT2D eigenvalue weighted by Crippen LogP contribution is -2.32. The maximum absolute atomic E-state index is 13.6. The molecule has 0 radical (unpaired) electrons. The number of nitrogens with zero attached hydrogens (tertiary/aromatic N) is 4. The van der Waals surface area contributed by atoms with E-state index < -0.39 is 0 Å². The van der Waals surface area contributed by atoms with E-state index in [2.05, 4.69) is 25.9 Å². The molecule has 1 aliphatic rings. The van der Waals surface area contributed by atoms with Crippen molar-refractivity contribution in [1.29, 1.82) is 0 Å². The van der Waals surface area contributed by atoms with Gasteiger partial charge < -0.3 is 25.8 Å². The molecule has 10 heteroatoms. The number of nitrogen functional groups attached to an aromatic ring is 2. The molecule has 5 rings (SSSR count). The van der Waals surface area contributed by atoms with Crippen LogP contribution in [0.2, 0.25) is 5.02 Å². The third kappa shape index (κ3) is 5.55. The molecule has 4 aromatic rings. The molecule has 0 spiro atoms. The van der Waals surface area contributed by atoms with Crippen molar-refractivity contribution in [3.63, 3.8) is 0 Å². The Kier molecular flexibility index (Phi) is 7.84. The molecule has 0 aliphatic carbocycles. The Labute approximate surface area is 237 Å². The molecule has 2 aromatic heterocycles. The molecule has 204 valence electrons. The first kappa shape index (κ1) is 27.0. The molecule has 4 N–H and O–H groups in total. The minimum Gasteiger partial charge on any atom is -0.493 e. The molecular weight excluding hydrogens is 528 g/mol. The fourth-order valence-corrected chi connectivity index (χ4v) is 5.16. The molecule has 2 aromatic carbocycles. The Balaban J connectivity index is 1.49. The van der Waals surface area contributed by atoms with Gasteiger partial charge in [-0.15, -0.1) is 0 Å². The first-order valence-electron chi connectivity index (χ1n) is 12.7. The Morgan fingerprint density at radius 1 is 1.12 bits per heavy atom. The van der Waals surface area contributed by atoms with Gasteiger partial charge in [0.15, 0.2) is 17.3 Å². The van der Waals surface area contributed by atoms with Crippen LogP contribution in [0.4, 0.5) is 11.8 Å². The molecule has 0 amide bonds. The summed E-state index contributed by atoms with van der Waals surface area (Å²) in [5.41, 5.74) is 16.6. The Bertz CT molecular complexity index is 1580. The van der Waals surface area contributed by atoms with Crippen LogP contribution in [-0.4, -0.2) is 46.4 Å². The van der Waals surface area contributed by atoms with Crippen LogP contribution in [0.3, 0.4) is 0 Å². The smallest absolute Gasteiger partial charge is 0.221 e. The normalized spacial score (nSPS) is 14.7. The molecule has 9 nitrogen and oxygen atoms in total. The summed E-state index contributed by atoms with van der Waals surface area (Å²) in [6.45, 7) is 0.705. The van der Waals surface area contributed by atoms with E-state index in [1.807, 2.05) is 36.5 Å². The van der Waals surface area contributed by atoms with E-state index in [9.17, 15) is 4.79 Å². The zero-order valence-corrected chi connectivity index (χ0v) is 22.9. The van der Waals surface area contributed by atoms with Gasteiger partial charge in [-0.3, -0.25) is 9.78 Å². The summed E-state index contributed by atoms with van der Waals surface area (Å²) in [5, 5.41) is 0.655. The van der Waals surface area contributed by atoms with Crippen LogP contribution in [0.25, 0.3) is 0 Å². The van der Waals surface area contributed by atoms with Crippen LogP contribution >= 0.6 is 11.6 Å². The number of benzene rings is 2. The summed E-state index contributed by atoms with van der Waals surface area (Å²) in [6.07, 6.45) is 7.90. The molecule has 0 saturated carbocycles. The van der Waals surface area contributed by atoms with Crippen LogP contribution in [0.1, 0.15) is 44.3 Å². The number of halogens is 1. The van der Waals surface area contributed by atoms with E-state index in [0.29, 0.717) is 40.6 Å². The summed E-state index contributed by atoms with van der Waals surface area (Å²) < 4.78 is 11.2. The number of rotatable bonds is 8. The number of methoxy groups -OCH3 is 2. The van der Waals surface area contributed by atoms with Crippen molar-refractivity contribution in [1.82, 2.24) is 19.9 Å². The fourth-order valence-electron chi connectivity index (χ4n) is 4.98. The van der Waals surface area contributed by atoms with Crippen molar-refractivity contribution in [3.8, 4) is 11.5 Å². The zero-order valence-electron chi connectivity index (χ0n) is 22.2. The molecular formula is C30H29ClN6O3. The van der Waals surface area contributed by atoms with Gasteiger partial charge in [0.05, 0.1) is 31.5 Å². The van der Waals surface area contributed by atoms with Gasteiger partial charge in [0.1, 0.15) is 5.82 Å². The number of hydrogen-bond acceptors (Lipinski definition) is 9. The molecule has 0 fully saturated rings. The van der Waals surface area contributed by atoms with Gasteiger partial charge in [0.2, 0.25) is 5.95 Å². The number of aromatic nitrogens is 3. The quantitative estimate of drug-likeness (QED) is 0.235. The second kappa shape index (κ2) is 11.6. The maximum Gasteiger partial charge on any atom is 0.221 e. The second-order valence-electron chi connectivity index (χ2n) is 9.36. The maximum atomic E-state index is 13.6. The first-order chi connectivity index (χ1) is 19.4. The zero-order chi connectivity index (χ0) is 28.2. The summed E-state index contributed by atoms with van der Waals surface area (Å²) in [7, 11) is 3.03. The Hall–Kier alpha value is -4.63. The van der Waals surface area contributed by atoms with Gasteiger partial charge in [-0.05, 0) is 59.5 Å². The standard InChI is InChI=1S/C30H29ClN6O3/c1-39-26-15-18(13-20-17-35-30(33)36-29(20)32)14-23(28(26)40-2)25(38)9-12-37-11-8-19-6-7-21(31)16-22(19)27(37)24-5-3-4-10-34-24/h3-7,9-10,12,14-17,27H,8,11,13H2,1-2H3,(H4,32,33,35,36)/b12-9+. The highest BCUT2D eigenvalue weighted by atomic mass is 35.5. The summed E-state index contributed by atoms with van der Waals surface area (Å²) in [5.74, 6) is 0.913. The van der Waals surface area contributed by atoms with Crippen LogP contribution < -0.4 is 20.9 Å². The van der Waals surface area contributed by atoms with Crippen LogP contribution in [0.15, 0.2) is 73.2 Å². The molecule has 0 saturated heterocycles. The lowest BCUT2D eigenvalue weighted by Gasteiger charge is -2.36. The molecule has 1 unspecified atom stereocenters. The molecule has 40 heavy (non-hydrogen) atoms. The van der Waals surface area contributed by atoms with Gasteiger partial charge in [-0.25, -0.2) is 4.98 Å². The van der Waals surface area contributed by atoms with Crippen molar-refractivity contribution in [2.24, 2.45) is 0 Å². The number of ether oxygens (including phenoxy) is 2. The van der Waals surface area contributed by atoms with Gasteiger partial charge in [-0.1, -0.05) is 23.7 Å². The average molecular weight is 557 g/mol. The highest BCUT2D eigenvalue weighted by molar-refractivity contribution is 6.30. The van der Waals surface area contributed by atoms with Crippen LogP contribution in [0.5, 0.6) is 11.5 Å². The molecule has 3 heterocycles. The van der Waals surface area contributed by atoms with Gasteiger partial charge in [0, 0.05) is 48.2 Å². The minimum absolute atomic E-state index is 0.0983. The van der Waals surface area contributed by atoms with Crippen LogP contribution in [0, 0.1) is 0 Å². The number of nitrogens with two attached hydrogens (primary N) is 2. The number of allylic oxidation sites excluding steroid dienone is 1. The Morgan fingerprint density at radius 2 is 1.98 bits per heavy atom.